The van der Waals surface area contributed by atoms with Gasteiger partial charge in [0.1, 0.15) is 0 Å². The number of hydrogen-bond acceptors (Lipinski definition) is 2. The van der Waals surface area contributed by atoms with E-state index in [1.54, 1.807) is 6.07 Å². The lowest BCUT2D eigenvalue weighted by Gasteiger charge is -2.09. The summed E-state index contributed by atoms with van der Waals surface area (Å²) in [6, 6.07) is 3.66. The van der Waals surface area contributed by atoms with Gasteiger partial charge in [-0.25, -0.2) is 0 Å². The molecule has 0 bridgehead atoms. The van der Waals surface area contributed by atoms with E-state index in [0.29, 0.717) is 18.4 Å². The molecule has 0 aliphatic carbocycles. The average Bonchev–Trinajstić information content (AvgIpc) is 2.26. The molecule has 0 heterocycles. The van der Waals surface area contributed by atoms with Crippen molar-refractivity contribution in [3.63, 3.8) is 0 Å². The molecule has 1 rings (SSSR count). The molecular formula is C14H18O2. The Balaban J connectivity index is 3.10. The maximum absolute atomic E-state index is 11.9. The van der Waals surface area contributed by atoms with Crippen molar-refractivity contribution in [1.82, 2.24) is 0 Å². The van der Waals surface area contributed by atoms with Crippen molar-refractivity contribution < 1.29 is 9.59 Å². The molecule has 0 saturated carbocycles. The quantitative estimate of drug-likeness (QED) is 0.574. The van der Waals surface area contributed by atoms with Crippen LogP contribution >= 0.6 is 0 Å². The fourth-order valence-electron chi connectivity index (χ4n) is 1.69. The average molecular weight is 218 g/mol. The third kappa shape index (κ3) is 2.38. The van der Waals surface area contributed by atoms with Gasteiger partial charge in [0.2, 0.25) is 11.6 Å². The summed E-state index contributed by atoms with van der Waals surface area (Å²) < 4.78 is 0. The van der Waals surface area contributed by atoms with E-state index < -0.39 is 0 Å². The molecule has 0 aliphatic rings. The highest BCUT2D eigenvalue weighted by Gasteiger charge is 2.18. The van der Waals surface area contributed by atoms with Crippen LogP contribution in [-0.2, 0) is 4.79 Å². The Hall–Kier alpha value is -1.44. The first-order chi connectivity index (χ1) is 7.49. The molecule has 1 aromatic rings. The van der Waals surface area contributed by atoms with Gasteiger partial charge in [-0.3, -0.25) is 9.59 Å². The molecule has 1 aromatic carbocycles. The minimum atomic E-state index is -0.345. The maximum atomic E-state index is 11.9. The molecule has 0 N–H and O–H groups in total. The summed E-state index contributed by atoms with van der Waals surface area (Å²) in [5, 5.41) is 0. The highest BCUT2D eigenvalue weighted by atomic mass is 16.2. The normalized spacial score (nSPS) is 10.2. The number of carbonyl (C=O) groups is 2. The zero-order chi connectivity index (χ0) is 12.3. The lowest BCUT2D eigenvalue weighted by Crippen LogP contribution is -2.15. The molecule has 0 atom stereocenters. The first-order valence-electron chi connectivity index (χ1n) is 5.63. The monoisotopic (exact) mass is 218 g/mol. The SMILES string of the molecule is CCCC(=O)C(=O)c1ccc(C)c(C)c1C. The Labute approximate surface area is 96.7 Å². The molecule has 0 unspecified atom stereocenters. The number of aryl methyl sites for hydroxylation is 1. The van der Waals surface area contributed by atoms with Crippen LogP contribution in [0.4, 0.5) is 0 Å². The molecule has 0 saturated heterocycles. The van der Waals surface area contributed by atoms with E-state index >= 15 is 0 Å². The van der Waals surface area contributed by atoms with Crippen LogP contribution in [0.1, 0.15) is 46.8 Å². The van der Waals surface area contributed by atoms with E-state index in [9.17, 15) is 9.59 Å². The Bertz CT molecular complexity index is 431. The van der Waals surface area contributed by atoms with Gasteiger partial charge in [0, 0.05) is 12.0 Å². The molecule has 16 heavy (non-hydrogen) atoms. The number of ketones is 2. The third-order valence-electron chi connectivity index (χ3n) is 3.03. The molecule has 0 aliphatic heterocycles. The highest BCUT2D eigenvalue weighted by molar-refractivity contribution is 6.44. The van der Waals surface area contributed by atoms with Gasteiger partial charge in [-0.1, -0.05) is 19.1 Å². The van der Waals surface area contributed by atoms with E-state index in [4.69, 9.17) is 0 Å². The first kappa shape index (κ1) is 12.6. The van der Waals surface area contributed by atoms with Crippen LogP contribution < -0.4 is 0 Å². The van der Waals surface area contributed by atoms with E-state index in [2.05, 4.69) is 0 Å². The van der Waals surface area contributed by atoms with E-state index in [1.165, 1.54) is 0 Å². The second-order valence-corrected chi connectivity index (χ2v) is 4.18. The summed E-state index contributed by atoms with van der Waals surface area (Å²) >= 11 is 0. The van der Waals surface area contributed by atoms with Crippen LogP contribution in [0.5, 0.6) is 0 Å². The number of hydrogen-bond donors (Lipinski definition) is 0. The van der Waals surface area contributed by atoms with Crippen molar-refractivity contribution in [3.05, 3.63) is 34.4 Å². The lowest BCUT2D eigenvalue weighted by molar-refractivity contribution is -0.115. The third-order valence-corrected chi connectivity index (χ3v) is 3.03. The van der Waals surface area contributed by atoms with Crippen LogP contribution in [0.2, 0.25) is 0 Å². The predicted molar refractivity (Wildman–Crippen MR) is 64.9 cm³/mol. The number of Topliss-reactive ketones (excluding diaryl/α,β-unsaturated/α-hetero) is 2. The van der Waals surface area contributed by atoms with Crippen molar-refractivity contribution in [2.75, 3.05) is 0 Å². The van der Waals surface area contributed by atoms with Crippen molar-refractivity contribution in [3.8, 4) is 0 Å². The summed E-state index contributed by atoms with van der Waals surface area (Å²) in [6.45, 7) is 7.78. The van der Waals surface area contributed by atoms with Gasteiger partial charge in [0.25, 0.3) is 0 Å². The minimum absolute atomic E-state index is 0.283. The van der Waals surface area contributed by atoms with Crippen LogP contribution in [-0.4, -0.2) is 11.6 Å². The maximum Gasteiger partial charge on any atom is 0.228 e. The van der Waals surface area contributed by atoms with Gasteiger partial charge in [-0.05, 0) is 43.9 Å². The Morgan fingerprint density at radius 1 is 1.06 bits per heavy atom. The minimum Gasteiger partial charge on any atom is -0.290 e. The molecule has 0 fully saturated rings. The molecule has 2 heteroatoms. The lowest BCUT2D eigenvalue weighted by atomic mass is 9.94. The Kier molecular flexibility index (Phi) is 3.99. The Morgan fingerprint density at radius 2 is 1.69 bits per heavy atom. The fourth-order valence-corrected chi connectivity index (χ4v) is 1.69. The van der Waals surface area contributed by atoms with E-state index in [-0.39, 0.29) is 11.6 Å². The van der Waals surface area contributed by atoms with E-state index in [0.717, 1.165) is 16.7 Å². The summed E-state index contributed by atoms with van der Waals surface area (Å²) in [6.07, 6.45) is 1.06. The van der Waals surface area contributed by atoms with Crippen LogP contribution in [0.25, 0.3) is 0 Å². The van der Waals surface area contributed by atoms with Crippen molar-refractivity contribution in [2.45, 2.75) is 40.5 Å². The van der Waals surface area contributed by atoms with Gasteiger partial charge in [0.15, 0.2) is 0 Å². The molecule has 0 amide bonds. The van der Waals surface area contributed by atoms with Gasteiger partial charge in [0.05, 0.1) is 0 Å². The highest BCUT2D eigenvalue weighted by Crippen LogP contribution is 2.18. The standard InChI is InChI=1S/C14H18O2/c1-5-6-13(15)14(16)12-8-7-9(2)10(3)11(12)4/h7-8H,5-6H2,1-4H3. The van der Waals surface area contributed by atoms with Crippen molar-refractivity contribution in [2.24, 2.45) is 0 Å². The fraction of sp³-hybridized carbons (Fsp3) is 0.429. The second-order valence-electron chi connectivity index (χ2n) is 4.18. The molecule has 2 nitrogen and oxygen atoms in total. The first-order valence-corrected chi connectivity index (χ1v) is 5.63. The second kappa shape index (κ2) is 5.06. The molecule has 0 aromatic heterocycles. The largest absolute Gasteiger partial charge is 0.290 e. The van der Waals surface area contributed by atoms with Gasteiger partial charge < -0.3 is 0 Å². The summed E-state index contributed by atoms with van der Waals surface area (Å²) in [5.74, 6) is -0.628. The van der Waals surface area contributed by atoms with Crippen LogP contribution in [0.3, 0.4) is 0 Å². The predicted octanol–water partition coefficient (Wildman–Crippen LogP) is 3.16. The van der Waals surface area contributed by atoms with Gasteiger partial charge >= 0.3 is 0 Å². The smallest absolute Gasteiger partial charge is 0.228 e. The number of rotatable bonds is 4. The van der Waals surface area contributed by atoms with Gasteiger partial charge in [-0.15, -0.1) is 0 Å². The van der Waals surface area contributed by atoms with Crippen molar-refractivity contribution >= 4 is 11.6 Å². The number of benzene rings is 1. The Morgan fingerprint density at radius 3 is 2.25 bits per heavy atom. The topological polar surface area (TPSA) is 34.1 Å². The summed E-state index contributed by atoms with van der Waals surface area (Å²) in [4.78, 5) is 23.4. The summed E-state index contributed by atoms with van der Waals surface area (Å²) in [7, 11) is 0. The zero-order valence-corrected chi connectivity index (χ0v) is 10.4. The van der Waals surface area contributed by atoms with Crippen LogP contribution in [0, 0.1) is 20.8 Å². The molecule has 0 spiro atoms. The van der Waals surface area contributed by atoms with Gasteiger partial charge in [-0.2, -0.15) is 0 Å². The van der Waals surface area contributed by atoms with Crippen molar-refractivity contribution in [1.29, 1.82) is 0 Å². The molecule has 0 radical (unpaired) electrons. The zero-order valence-electron chi connectivity index (χ0n) is 10.4. The molecular weight excluding hydrogens is 200 g/mol. The summed E-state index contributed by atoms with van der Waals surface area (Å²) in [5.41, 5.74) is 3.73. The molecule has 86 valence electrons. The van der Waals surface area contributed by atoms with E-state index in [1.807, 2.05) is 33.8 Å². The number of carbonyl (C=O) groups excluding carboxylic acids is 2. The van der Waals surface area contributed by atoms with Crippen LogP contribution in [0.15, 0.2) is 12.1 Å².